The highest BCUT2D eigenvalue weighted by molar-refractivity contribution is 5.98. The molecule has 1 atom stereocenters. The summed E-state index contributed by atoms with van der Waals surface area (Å²) in [5.74, 6) is 0.403. The molecule has 0 aliphatic heterocycles. The first kappa shape index (κ1) is 25.2. The summed E-state index contributed by atoms with van der Waals surface area (Å²) in [6.07, 6.45) is 3.50. The molecule has 0 saturated carbocycles. The van der Waals surface area contributed by atoms with E-state index in [-0.39, 0.29) is 22.8 Å². The van der Waals surface area contributed by atoms with Gasteiger partial charge < -0.3 is 10.6 Å². The van der Waals surface area contributed by atoms with Crippen LogP contribution >= 0.6 is 0 Å². The van der Waals surface area contributed by atoms with E-state index in [0.717, 1.165) is 6.42 Å². The lowest BCUT2D eigenvalue weighted by Crippen LogP contribution is -2.40. The monoisotopic (exact) mass is 402 g/mol. The second kappa shape index (κ2) is 9.77. The Labute approximate surface area is 178 Å². The highest BCUT2D eigenvalue weighted by Gasteiger charge is 2.23. The fourth-order valence-corrected chi connectivity index (χ4v) is 3.40. The highest BCUT2D eigenvalue weighted by atomic mass is 16.2. The molecule has 0 saturated heterocycles. The number of hydrogen-bond donors (Lipinski definition) is 2. The normalized spacial score (nSPS) is 13.7. The van der Waals surface area contributed by atoms with Crippen LogP contribution in [0.1, 0.15) is 102 Å². The van der Waals surface area contributed by atoms with Gasteiger partial charge >= 0.3 is 0 Å². The lowest BCUT2D eigenvalue weighted by atomic mass is 9.79. The van der Waals surface area contributed by atoms with Crippen molar-refractivity contribution in [3.8, 4) is 0 Å². The van der Waals surface area contributed by atoms with Crippen molar-refractivity contribution in [2.45, 2.75) is 87.1 Å². The Morgan fingerprint density at radius 2 is 1.34 bits per heavy atom. The lowest BCUT2D eigenvalue weighted by Gasteiger charge is -2.30. The number of rotatable bonds is 8. The number of nitrogens with one attached hydrogen (secondary N) is 2. The fourth-order valence-electron chi connectivity index (χ4n) is 3.40. The van der Waals surface area contributed by atoms with E-state index in [1.807, 2.05) is 20.8 Å². The van der Waals surface area contributed by atoms with Crippen LogP contribution in [-0.4, -0.2) is 23.9 Å². The predicted octanol–water partition coefficient (Wildman–Crippen LogP) is 5.82. The first-order chi connectivity index (χ1) is 13.1. The second-order valence-corrected chi connectivity index (χ2v) is 11.5. The molecule has 2 N–H and O–H groups in total. The van der Waals surface area contributed by atoms with Gasteiger partial charge in [-0.25, -0.2) is 0 Å². The van der Waals surface area contributed by atoms with Crippen LogP contribution in [-0.2, 0) is 0 Å². The molecule has 0 radical (unpaired) electrons. The van der Waals surface area contributed by atoms with E-state index in [1.165, 1.54) is 12.8 Å². The standard InChI is InChI=1S/C25H42N2O2/c1-18(14-15-23(2,3)4)16-25(8,9)17-26-21(28)19-10-12-20(13-11-19)22(29)27-24(5,6)7/h10-13,18H,14-17H2,1-9H3,(H,26,28)(H,27,29). The molecule has 0 fully saturated rings. The number of amides is 2. The molecule has 1 aromatic rings. The van der Waals surface area contributed by atoms with Gasteiger partial charge in [-0.15, -0.1) is 0 Å². The molecule has 0 aromatic heterocycles. The minimum Gasteiger partial charge on any atom is -0.352 e. The molecule has 1 rings (SSSR count). The van der Waals surface area contributed by atoms with Crippen molar-refractivity contribution in [3.63, 3.8) is 0 Å². The first-order valence-corrected chi connectivity index (χ1v) is 10.8. The minimum atomic E-state index is -0.289. The molecule has 4 nitrogen and oxygen atoms in total. The fraction of sp³-hybridized carbons (Fsp3) is 0.680. The van der Waals surface area contributed by atoms with Crippen molar-refractivity contribution in [2.75, 3.05) is 6.54 Å². The van der Waals surface area contributed by atoms with Crippen molar-refractivity contribution >= 4 is 11.8 Å². The van der Waals surface area contributed by atoms with Gasteiger partial charge in [0.25, 0.3) is 11.8 Å². The van der Waals surface area contributed by atoms with Crippen LogP contribution in [0.5, 0.6) is 0 Å². The SMILES string of the molecule is CC(CCC(C)(C)C)CC(C)(C)CNC(=O)c1ccc(C(=O)NC(C)(C)C)cc1. The van der Waals surface area contributed by atoms with Gasteiger partial charge in [-0.05, 0) is 74.6 Å². The number of carbonyl (C=O) groups excluding carboxylic acids is 2. The Morgan fingerprint density at radius 3 is 1.79 bits per heavy atom. The summed E-state index contributed by atoms with van der Waals surface area (Å²) in [6.45, 7) is 20.0. The Morgan fingerprint density at radius 1 is 0.862 bits per heavy atom. The van der Waals surface area contributed by atoms with E-state index < -0.39 is 0 Å². The van der Waals surface area contributed by atoms with Crippen molar-refractivity contribution in [1.29, 1.82) is 0 Å². The van der Waals surface area contributed by atoms with Gasteiger partial charge in [-0.2, -0.15) is 0 Å². The summed E-state index contributed by atoms with van der Waals surface area (Å²) in [7, 11) is 0. The maximum absolute atomic E-state index is 12.5. The molecule has 0 spiro atoms. The zero-order chi connectivity index (χ0) is 22.5. The average Bonchev–Trinajstić information content (AvgIpc) is 2.55. The van der Waals surface area contributed by atoms with Crippen LogP contribution in [0, 0.1) is 16.7 Å². The molecular weight excluding hydrogens is 360 g/mol. The molecule has 4 heteroatoms. The van der Waals surface area contributed by atoms with Crippen LogP contribution in [0.25, 0.3) is 0 Å². The summed E-state index contributed by atoms with van der Waals surface area (Å²) < 4.78 is 0. The van der Waals surface area contributed by atoms with Gasteiger partial charge in [-0.1, -0.05) is 48.0 Å². The van der Waals surface area contributed by atoms with E-state index in [4.69, 9.17) is 0 Å². The quantitative estimate of drug-likeness (QED) is 0.575. The number of benzene rings is 1. The topological polar surface area (TPSA) is 58.2 Å². The molecule has 1 aromatic carbocycles. The Bertz CT molecular complexity index is 676. The molecule has 1 unspecified atom stereocenters. The highest BCUT2D eigenvalue weighted by Crippen LogP contribution is 2.30. The van der Waals surface area contributed by atoms with Crippen LogP contribution in [0.3, 0.4) is 0 Å². The molecule has 2 amide bonds. The molecular formula is C25H42N2O2. The molecule has 29 heavy (non-hydrogen) atoms. The maximum atomic E-state index is 12.5. The van der Waals surface area contributed by atoms with Crippen LogP contribution in [0.15, 0.2) is 24.3 Å². The minimum absolute atomic E-state index is 0.0412. The van der Waals surface area contributed by atoms with Crippen molar-refractivity contribution in [3.05, 3.63) is 35.4 Å². The van der Waals surface area contributed by atoms with Crippen molar-refractivity contribution < 1.29 is 9.59 Å². The van der Waals surface area contributed by atoms with E-state index in [0.29, 0.717) is 29.0 Å². The third kappa shape index (κ3) is 10.5. The zero-order valence-electron chi connectivity index (χ0n) is 20.0. The third-order valence-electron chi connectivity index (χ3n) is 4.91. The van der Waals surface area contributed by atoms with Gasteiger partial charge in [0.2, 0.25) is 0 Å². The smallest absolute Gasteiger partial charge is 0.251 e. The van der Waals surface area contributed by atoms with Crippen molar-refractivity contribution in [1.82, 2.24) is 10.6 Å². The van der Waals surface area contributed by atoms with E-state index in [1.54, 1.807) is 24.3 Å². The summed E-state index contributed by atoms with van der Waals surface area (Å²) in [5, 5.41) is 5.99. The third-order valence-corrected chi connectivity index (χ3v) is 4.91. The maximum Gasteiger partial charge on any atom is 0.251 e. The molecule has 0 bridgehead atoms. The Kier molecular flexibility index (Phi) is 8.49. The van der Waals surface area contributed by atoms with Crippen LogP contribution in [0.4, 0.5) is 0 Å². The van der Waals surface area contributed by atoms with Gasteiger partial charge in [0.1, 0.15) is 0 Å². The molecule has 0 aliphatic rings. The van der Waals surface area contributed by atoms with Crippen molar-refractivity contribution in [2.24, 2.45) is 16.7 Å². The Balaban J connectivity index is 2.57. The summed E-state index contributed by atoms with van der Waals surface area (Å²) in [4.78, 5) is 24.7. The number of carbonyl (C=O) groups is 2. The van der Waals surface area contributed by atoms with Gasteiger partial charge in [0, 0.05) is 23.2 Å². The van der Waals surface area contributed by atoms with Crippen LogP contribution < -0.4 is 10.6 Å². The van der Waals surface area contributed by atoms with E-state index in [2.05, 4.69) is 52.2 Å². The molecule has 0 aliphatic carbocycles. The van der Waals surface area contributed by atoms with E-state index >= 15 is 0 Å². The van der Waals surface area contributed by atoms with Gasteiger partial charge in [0.05, 0.1) is 0 Å². The largest absolute Gasteiger partial charge is 0.352 e. The first-order valence-electron chi connectivity index (χ1n) is 10.8. The Hall–Kier alpha value is -1.84. The average molecular weight is 403 g/mol. The lowest BCUT2D eigenvalue weighted by molar-refractivity contribution is 0.0911. The van der Waals surface area contributed by atoms with E-state index in [9.17, 15) is 9.59 Å². The zero-order valence-corrected chi connectivity index (χ0v) is 20.0. The molecule has 164 valence electrons. The van der Waals surface area contributed by atoms with Gasteiger partial charge in [-0.3, -0.25) is 9.59 Å². The van der Waals surface area contributed by atoms with Gasteiger partial charge in [0.15, 0.2) is 0 Å². The second-order valence-electron chi connectivity index (χ2n) is 11.5. The summed E-state index contributed by atoms with van der Waals surface area (Å²) in [6, 6.07) is 6.84. The predicted molar refractivity (Wildman–Crippen MR) is 122 cm³/mol. The summed E-state index contributed by atoms with van der Waals surface area (Å²) >= 11 is 0. The number of hydrogen-bond acceptors (Lipinski definition) is 2. The molecule has 0 heterocycles. The van der Waals surface area contributed by atoms with Crippen LogP contribution in [0.2, 0.25) is 0 Å². The summed E-state index contributed by atoms with van der Waals surface area (Å²) in [5.41, 5.74) is 1.25.